The molecule has 0 spiro atoms. The Morgan fingerprint density at radius 2 is 2.12 bits per heavy atom. The maximum Gasteiger partial charge on any atom is 0.126 e. The zero-order valence-electron chi connectivity index (χ0n) is 10.2. The lowest BCUT2D eigenvalue weighted by molar-refractivity contribution is 0.511. The highest BCUT2D eigenvalue weighted by Gasteiger charge is 2.09. The van der Waals surface area contributed by atoms with Gasteiger partial charge in [0.25, 0.3) is 0 Å². The van der Waals surface area contributed by atoms with Crippen molar-refractivity contribution in [2.24, 2.45) is 5.92 Å². The van der Waals surface area contributed by atoms with Gasteiger partial charge in [-0.25, -0.2) is 8.93 Å². The van der Waals surface area contributed by atoms with E-state index in [0.717, 1.165) is 19.5 Å². The van der Waals surface area contributed by atoms with Crippen molar-refractivity contribution in [1.82, 2.24) is 10.0 Å². The van der Waals surface area contributed by atoms with E-state index in [4.69, 9.17) is 11.6 Å². The molecule has 0 radical (unpaired) electrons. The van der Waals surface area contributed by atoms with Crippen molar-refractivity contribution in [2.75, 3.05) is 20.1 Å². The van der Waals surface area contributed by atoms with Crippen molar-refractivity contribution >= 4 is 22.6 Å². The molecule has 0 saturated carbocycles. The van der Waals surface area contributed by atoms with Gasteiger partial charge in [-0.1, -0.05) is 30.7 Å². The number of nitrogens with one attached hydrogen (secondary N) is 2. The highest BCUT2D eigenvalue weighted by Crippen LogP contribution is 2.17. The molecule has 5 heteroatoms. The molecule has 1 aromatic carbocycles. The summed E-state index contributed by atoms with van der Waals surface area (Å²) in [5.74, 6) is 0.480. The van der Waals surface area contributed by atoms with E-state index in [9.17, 15) is 4.21 Å². The second-order valence-electron chi connectivity index (χ2n) is 4.05. The summed E-state index contributed by atoms with van der Waals surface area (Å²) in [6.45, 7) is 3.83. The van der Waals surface area contributed by atoms with Gasteiger partial charge in [-0.15, -0.1) is 0 Å². The molecule has 0 aliphatic heterocycles. The van der Waals surface area contributed by atoms with Crippen LogP contribution in [0.2, 0.25) is 5.02 Å². The van der Waals surface area contributed by atoms with Crippen LogP contribution in [0, 0.1) is 5.92 Å². The first-order valence-electron chi connectivity index (χ1n) is 5.69. The molecule has 0 saturated heterocycles. The van der Waals surface area contributed by atoms with E-state index in [1.54, 1.807) is 12.1 Å². The van der Waals surface area contributed by atoms with Crippen molar-refractivity contribution in [3.63, 3.8) is 0 Å². The van der Waals surface area contributed by atoms with Crippen LogP contribution in [-0.4, -0.2) is 24.3 Å². The Bertz CT molecular complexity index is 373. The lowest BCUT2D eigenvalue weighted by Gasteiger charge is -2.12. The number of halogens is 1. The fourth-order valence-electron chi connectivity index (χ4n) is 1.38. The summed E-state index contributed by atoms with van der Waals surface area (Å²) in [6.07, 6.45) is 1.06. The third-order valence-corrected chi connectivity index (χ3v) is 4.11. The van der Waals surface area contributed by atoms with Gasteiger partial charge in [-0.2, -0.15) is 0 Å². The second kappa shape index (κ2) is 7.82. The van der Waals surface area contributed by atoms with E-state index in [2.05, 4.69) is 17.0 Å². The molecule has 1 aromatic rings. The lowest BCUT2D eigenvalue weighted by atomic mass is 10.1. The molecular formula is C12H19ClN2OS. The Labute approximate surface area is 111 Å². The summed E-state index contributed by atoms with van der Waals surface area (Å²) in [5.41, 5.74) is 0. The summed E-state index contributed by atoms with van der Waals surface area (Å²) in [5, 5.41) is 3.65. The van der Waals surface area contributed by atoms with Crippen LogP contribution in [-0.2, 0) is 11.0 Å². The molecule has 0 fully saturated rings. The number of rotatable bonds is 7. The molecule has 0 aromatic heterocycles. The van der Waals surface area contributed by atoms with Crippen LogP contribution < -0.4 is 10.0 Å². The normalized spacial score (nSPS) is 14.5. The minimum absolute atomic E-state index is 0.480. The van der Waals surface area contributed by atoms with Crippen molar-refractivity contribution < 1.29 is 4.21 Å². The topological polar surface area (TPSA) is 41.1 Å². The van der Waals surface area contributed by atoms with Crippen molar-refractivity contribution in [2.45, 2.75) is 18.2 Å². The average Bonchev–Trinajstić information content (AvgIpc) is 2.34. The number of hydrogen-bond acceptors (Lipinski definition) is 2. The van der Waals surface area contributed by atoms with Gasteiger partial charge >= 0.3 is 0 Å². The third kappa shape index (κ3) is 5.17. The van der Waals surface area contributed by atoms with Crippen LogP contribution >= 0.6 is 11.6 Å². The molecule has 1 rings (SSSR count). The van der Waals surface area contributed by atoms with Gasteiger partial charge in [0.1, 0.15) is 11.0 Å². The molecule has 0 bridgehead atoms. The fraction of sp³-hybridized carbons (Fsp3) is 0.500. The van der Waals surface area contributed by atoms with Crippen molar-refractivity contribution in [3.05, 3.63) is 29.3 Å². The predicted octanol–water partition coefficient (Wildman–Crippen LogP) is 2.20. The Morgan fingerprint density at radius 3 is 2.76 bits per heavy atom. The average molecular weight is 275 g/mol. The van der Waals surface area contributed by atoms with Gasteiger partial charge in [0.2, 0.25) is 0 Å². The number of benzene rings is 1. The van der Waals surface area contributed by atoms with Crippen LogP contribution in [0.25, 0.3) is 0 Å². The van der Waals surface area contributed by atoms with E-state index in [0.29, 0.717) is 15.8 Å². The maximum atomic E-state index is 11.9. The van der Waals surface area contributed by atoms with Crippen LogP contribution in [0.15, 0.2) is 29.2 Å². The van der Waals surface area contributed by atoms with E-state index in [1.165, 1.54) is 0 Å². The summed E-state index contributed by atoms with van der Waals surface area (Å²) in [7, 11) is 0.709. The standard InChI is InChI=1S/C12H19ClN2OS/c1-10(7-8-14-2)9-15-17(16)12-6-4-3-5-11(12)13/h3-6,10,14-15H,7-9H2,1-2H3. The Morgan fingerprint density at radius 1 is 1.41 bits per heavy atom. The molecule has 0 amide bonds. The fourth-order valence-corrected chi connectivity index (χ4v) is 2.77. The first-order chi connectivity index (χ1) is 8.15. The van der Waals surface area contributed by atoms with E-state index < -0.39 is 11.0 Å². The highest BCUT2D eigenvalue weighted by atomic mass is 35.5. The lowest BCUT2D eigenvalue weighted by Crippen LogP contribution is -2.25. The highest BCUT2D eigenvalue weighted by molar-refractivity contribution is 7.83. The maximum absolute atomic E-state index is 11.9. The van der Waals surface area contributed by atoms with Gasteiger partial charge < -0.3 is 5.32 Å². The zero-order valence-corrected chi connectivity index (χ0v) is 11.8. The molecule has 17 heavy (non-hydrogen) atoms. The van der Waals surface area contributed by atoms with Crippen molar-refractivity contribution in [1.29, 1.82) is 0 Å². The third-order valence-electron chi connectivity index (χ3n) is 2.49. The molecule has 2 atom stereocenters. The largest absolute Gasteiger partial charge is 0.320 e. The van der Waals surface area contributed by atoms with Gasteiger partial charge in [-0.05, 0) is 38.1 Å². The Hall–Kier alpha value is -0.420. The summed E-state index contributed by atoms with van der Waals surface area (Å²) < 4.78 is 15.0. The zero-order chi connectivity index (χ0) is 12.7. The van der Waals surface area contributed by atoms with E-state index in [1.807, 2.05) is 19.2 Å². The first kappa shape index (κ1) is 14.6. The Balaban J connectivity index is 2.42. The van der Waals surface area contributed by atoms with E-state index >= 15 is 0 Å². The van der Waals surface area contributed by atoms with Gasteiger partial charge in [-0.3, -0.25) is 0 Å². The molecule has 0 heterocycles. The summed E-state index contributed by atoms with van der Waals surface area (Å²) >= 11 is 5.97. The smallest absolute Gasteiger partial charge is 0.126 e. The van der Waals surface area contributed by atoms with Gasteiger partial charge in [0, 0.05) is 6.54 Å². The van der Waals surface area contributed by atoms with Gasteiger partial charge in [0.15, 0.2) is 0 Å². The van der Waals surface area contributed by atoms with Crippen LogP contribution in [0.4, 0.5) is 0 Å². The molecular weight excluding hydrogens is 256 g/mol. The minimum atomic E-state index is -1.22. The first-order valence-corrected chi connectivity index (χ1v) is 7.22. The molecule has 2 N–H and O–H groups in total. The van der Waals surface area contributed by atoms with Crippen LogP contribution in [0.5, 0.6) is 0 Å². The minimum Gasteiger partial charge on any atom is -0.320 e. The molecule has 3 nitrogen and oxygen atoms in total. The predicted molar refractivity (Wildman–Crippen MR) is 73.6 cm³/mol. The summed E-state index contributed by atoms with van der Waals surface area (Å²) in [4.78, 5) is 0.648. The molecule has 96 valence electrons. The molecule has 2 unspecified atom stereocenters. The Kier molecular flexibility index (Phi) is 6.73. The van der Waals surface area contributed by atoms with Gasteiger partial charge in [0.05, 0.1) is 9.92 Å². The van der Waals surface area contributed by atoms with Crippen molar-refractivity contribution in [3.8, 4) is 0 Å². The monoisotopic (exact) mass is 274 g/mol. The summed E-state index contributed by atoms with van der Waals surface area (Å²) in [6, 6.07) is 7.20. The molecule has 0 aliphatic rings. The van der Waals surface area contributed by atoms with E-state index in [-0.39, 0.29) is 0 Å². The van der Waals surface area contributed by atoms with Crippen LogP contribution in [0.1, 0.15) is 13.3 Å². The van der Waals surface area contributed by atoms with Crippen LogP contribution in [0.3, 0.4) is 0 Å². The second-order valence-corrected chi connectivity index (χ2v) is 5.72. The SMILES string of the molecule is CNCCC(C)CNS(=O)c1ccccc1Cl. The number of hydrogen-bond donors (Lipinski definition) is 2. The quantitative estimate of drug-likeness (QED) is 0.800. The molecule has 0 aliphatic carbocycles.